The lowest BCUT2D eigenvalue weighted by molar-refractivity contribution is -0.00255. The lowest BCUT2D eigenvalue weighted by Crippen LogP contribution is -2.33. The van der Waals surface area contributed by atoms with Crippen molar-refractivity contribution in [2.24, 2.45) is 0 Å². The first-order valence-electron chi connectivity index (χ1n) is 9.36. The highest BCUT2D eigenvalue weighted by Crippen LogP contribution is 2.23. The van der Waals surface area contributed by atoms with E-state index in [0.29, 0.717) is 17.8 Å². The first kappa shape index (κ1) is 19.4. The lowest BCUT2D eigenvalue weighted by Gasteiger charge is -2.27. The average Bonchev–Trinajstić information content (AvgIpc) is 2.62. The molecule has 0 spiro atoms. The van der Waals surface area contributed by atoms with Crippen LogP contribution in [0.1, 0.15) is 31.7 Å². The van der Waals surface area contributed by atoms with Gasteiger partial charge in [-0.1, -0.05) is 0 Å². The number of carbonyl (C=O) groups excluding carboxylic acids is 1. The second kappa shape index (κ2) is 9.01. The molecule has 3 rings (SSSR count). The Hall–Kier alpha value is -2.38. The molecular weight excluding hydrogens is 348 g/mol. The number of hydrogen-bond acceptors (Lipinski definition) is 6. The van der Waals surface area contributed by atoms with Crippen LogP contribution in [0.4, 0.5) is 10.5 Å². The van der Waals surface area contributed by atoms with E-state index in [1.165, 1.54) is 12.5 Å². The molecule has 0 radical (unpaired) electrons. The van der Waals surface area contributed by atoms with E-state index >= 15 is 0 Å². The van der Waals surface area contributed by atoms with Crippen LogP contribution in [0, 0.1) is 0 Å². The van der Waals surface area contributed by atoms with E-state index < -0.39 is 11.7 Å². The minimum absolute atomic E-state index is 0.246. The first-order chi connectivity index (χ1) is 13.0. The van der Waals surface area contributed by atoms with Crippen LogP contribution < -0.4 is 10.9 Å². The number of amides is 1. The third-order valence-electron chi connectivity index (χ3n) is 4.58. The van der Waals surface area contributed by atoms with Gasteiger partial charge in [0, 0.05) is 42.9 Å². The number of nitrogens with one attached hydrogen (secondary N) is 1. The van der Waals surface area contributed by atoms with Crippen molar-refractivity contribution < 1.29 is 18.7 Å². The van der Waals surface area contributed by atoms with Crippen LogP contribution in [0.2, 0.25) is 0 Å². The molecule has 0 bridgehead atoms. The third-order valence-corrected chi connectivity index (χ3v) is 4.58. The van der Waals surface area contributed by atoms with Crippen LogP contribution in [0.5, 0.6) is 0 Å². The second-order valence-corrected chi connectivity index (χ2v) is 6.83. The van der Waals surface area contributed by atoms with E-state index in [9.17, 15) is 9.59 Å². The number of likely N-dealkylation sites (N-methyl/N-ethyl adjacent to an activating group) is 1. The van der Waals surface area contributed by atoms with Gasteiger partial charge in [-0.3, -0.25) is 10.2 Å². The maximum Gasteiger partial charge on any atom is 0.411 e. The molecule has 7 heteroatoms. The van der Waals surface area contributed by atoms with Gasteiger partial charge in [-0.05, 0) is 50.9 Å². The fourth-order valence-electron chi connectivity index (χ4n) is 3.38. The Morgan fingerprint density at radius 3 is 2.93 bits per heavy atom. The molecule has 2 aromatic rings. The molecule has 1 atom stereocenters. The van der Waals surface area contributed by atoms with Gasteiger partial charge in [0.1, 0.15) is 5.58 Å². The molecule has 1 unspecified atom stereocenters. The fraction of sp³-hybridized carbons (Fsp3) is 0.500. The van der Waals surface area contributed by atoms with Crippen molar-refractivity contribution in [2.45, 2.75) is 38.8 Å². The second-order valence-electron chi connectivity index (χ2n) is 6.83. The van der Waals surface area contributed by atoms with E-state index in [2.05, 4.69) is 10.2 Å². The summed E-state index contributed by atoms with van der Waals surface area (Å²) < 4.78 is 16.0. The quantitative estimate of drug-likeness (QED) is 0.781. The smallest absolute Gasteiger partial charge is 0.411 e. The van der Waals surface area contributed by atoms with Gasteiger partial charge in [-0.2, -0.15) is 0 Å². The summed E-state index contributed by atoms with van der Waals surface area (Å²) in [6.45, 7) is 4.29. The van der Waals surface area contributed by atoms with Crippen LogP contribution in [0.25, 0.3) is 11.0 Å². The fourth-order valence-corrected chi connectivity index (χ4v) is 3.38. The number of ether oxygens (including phenoxy) is 2. The molecule has 0 saturated carbocycles. The van der Waals surface area contributed by atoms with Gasteiger partial charge in [0.15, 0.2) is 0 Å². The SMILES string of the molecule is CCOC(=O)Nc1ccc2c(CN(C)CC3CCCCO3)cc(=O)oc2c1. The molecule has 1 saturated heterocycles. The topological polar surface area (TPSA) is 81.0 Å². The summed E-state index contributed by atoms with van der Waals surface area (Å²) in [6, 6.07) is 6.79. The lowest BCUT2D eigenvalue weighted by atomic mass is 10.1. The summed E-state index contributed by atoms with van der Waals surface area (Å²) in [5.41, 5.74) is 1.44. The number of hydrogen-bond donors (Lipinski definition) is 1. The number of nitrogens with zero attached hydrogens (tertiary/aromatic N) is 1. The largest absolute Gasteiger partial charge is 0.450 e. The summed E-state index contributed by atoms with van der Waals surface area (Å²) in [4.78, 5) is 25.7. The minimum atomic E-state index is -0.539. The number of rotatable bonds is 6. The summed E-state index contributed by atoms with van der Waals surface area (Å²) >= 11 is 0. The molecule has 7 nitrogen and oxygen atoms in total. The summed E-state index contributed by atoms with van der Waals surface area (Å²) in [6.07, 6.45) is 3.11. The molecular formula is C20H26N2O5. The van der Waals surface area contributed by atoms with E-state index in [1.54, 1.807) is 19.1 Å². The molecule has 1 aliphatic heterocycles. The van der Waals surface area contributed by atoms with Gasteiger partial charge >= 0.3 is 11.7 Å². The van der Waals surface area contributed by atoms with Crippen LogP contribution in [-0.2, 0) is 16.0 Å². The molecule has 2 heterocycles. The zero-order chi connectivity index (χ0) is 19.2. The summed E-state index contributed by atoms with van der Waals surface area (Å²) in [5, 5.41) is 3.47. The molecule has 1 N–H and O–H groups in total. The maximum absolute atomic E-state index is 12.0. The number of benzene rings is 1. The number of anilines is 1. The Kier molecular flexibility index (Phi) is 6.47. The van der Waals surface area contributed by atoms with Crippen molar-refractivity contribution in [2.75, 3.05) is 32.1 Å². The van der Waals surface area contributed by atoms with Crippen LogP contribution >= 0.6 is 0 Å². The minimum Gasteiger partial charge on any atom is -0.450 e. The van der Waals surface area contributed by atoms with Gasteiger partial charge in [0.2, 0.25) is 0 Å². The van der Waals surface area contributed by atoms with Gasteiger partial charge in [-0.25, -0.2) is 9.59 Å². The summed E-state index contributed by atoms with van der Waals surface area (Å²) in [5.74, 6) is 0. The standard InChI is InChI=1S/C20H26N2O5/c1-3-25-20(24)21-15-7-8-17-14(10-19(23)27-18(17)11-15)12-22(2)13-16-6-4-5-9-26-16/h7-8,10-11,16H,3-6,9,12-13H2,1-2H3,(H,21,24). The Morgan fingerprint density at radius 1 is 1.33 bits per heavy atom. The van der Waals surface area contributed by atoms with Crippen molar-refractivity contribution in [3.63, 3.8) is 0 Å². The molecule has 1 aromatic heterocycles. The molecule has 0 aliphatic carbocycles. The van der Waals surface area contributed by atoms with E-state index in [4.69, 9.17) is 13.9 Å². The highest BCUT2D eigenvalue weighted by atomic mass is 16.5. The van der Waals surface area contributed by atoms with Crippen LogP contribution in [0.3, 0.4) is 0 Å². The normalized spacial score (nSPS) is 17.2. The Morgan fingerprint density at radius 2 is 2.19 bits per heavy atom. The van der Waals surface area contributed by atoms with Crippen molar-refractivity contribution in [3.8, 4) is 0 Å². The maximum atomic E-state index is 12.0. The number of carbonyl (C=O) groups is 1. The molecule has 1 aromatic carbocycles. The molecule has 1 fully saturated rings. The Labute approximate surface area is 158 Å². The van der Waals surface area contributed by atoms with Gasteiger partial charge in [-0.15, -0.1) is 0 Å². The van der Waals surface area contributed by atoms with Crippen LogP contribution in [-0.4, -0.2) is 43.9 Å². The highest BCUT2D eigenvalue weighted by Gasteiger charge is 2.17. The van der Waals surface area contributed by atoms with Crippen molar-refractivity contribution in [1.29, 1.82) is 0 Å². The van der Waals surface area contributed by atoms with Gasteiger partial charge < -0.3 is 13.9 Å². The van der Waals surface area contributed by atoms with Crippen LogP contribution in [0.15, 0.2) is 33.5 Å². The monoisotopic (exact) mass is 374 g/mol. The average molecular weight is 374 g/mol. The van der Waals surface area contributed by atoms with E-state index in [0.717, 1.165) is 36.9 Å². The predicted molar refractivity (Wildman–Crippen MR) is 103 cm³/mol. The molecule has 27 heavy (non-hydrogen) atoms. The molecule has 1 amide bonds. The molecule has 146 valence electrons. The first-order valence-corrected chi connectivity index (χ1v) is 9.36. The number of fused-ring (bicyclic) bond motifs is 1. The predicted octanol–water partition coefficient (Wildman–Crippen LogP) is 3.36. The van der Waals surface area contributed by atoms with Gasteiger partial charge in [0.05, 0.1) is 12.7 Å². The zero-order valence-electron chi connectivity index (χ0n) is 15.8. The highest BCUT2D eigenvalue weighted by molar-refractivity contribution is 5.89. The Bertz CT molecular complexity index is 842. The van der Waals surface area contributed by atoms with Crippen molar-refractivity contribution in [3.05, 3.63) is 40.2 Å². The zero-order valence-corrected chi connectivity index (χ0v) is 15.8. The third kappa shape index (κ3) is 5.30. The van der Waals surface area contributed by atoms with E-state index in [1.807, 2.05) is 13.1 Å². The van der Waals surface area contributed by atoms with Gasteiger partial charge in [0.25, 0.3) is 0 Å². The van der Waals surface area contributed by atoms with Crippen molar-refractivity contribution >= 4 is 22.7 Å². The van der Waals surface area contributed by atoms with Crippen molar-refractivity contribution in [1.82, 2.24) is 4.90 Å². The molecule has 1 aliphatic rings. The van der Waals surface area contributed by atoms with E-state index in [-0.39, 0.29) is 12.7 Å². The summed E-state index contributed by atoms with van der Waals surface area (Å²) in [7, 11) is 2.02. The Balaban J connectivity index is 1.76.